The number of pyridine rings is 1. The summed E-state index contributed by atoms with van der Waals surface area (Å²) < 4.78 is 2.41. The number of unbranched alkanes of at least 4 members (excludes halogenated alkanes) is 1. The lowest BCUT2D eigenvalue weighted by molar-refractivity contribution is 0.604. The molecular formula is C21H26N4S. The van der Waals surface area contributed by atoms with E-state index in [4.69, 9.17) is 10.7 Å². The molecule has 4 nitrogen and oxygen atoms in total. The molecule has 0 amide bonds. The van der Waals surface area contributed by atoms with Crippen molar-refractivity contribution in [3.05, 3.63) is 47.9 Å². The molecule has 26 heavy (non-hydrogen) atoms. The van der Waals surface area contributed by atoms with E-state index in [0.717, 1.165) is 36.6 Å². The minimum Gasteiger partial charge on any atom is -0.382 e. The first-order valence-corrected chi connectivity index (χ1v) is 10.5. The second-order valence-electron chi connectivity index (χ2n) is 7.22. The molecule has 1 fully saturated rings. The average Bonchev–Trinajstić information content (AvgIpc) is 3.39. The van der Waals surface area contributed by atoms with Crippen LogP contribution in [0.2, 0.25) is 0 Å². The van der Waals surface area contributed by atoms with E-state index in [1.54, 1.807) is 0 Å². The number of thioether (sulfide) groups is 1. The zero-order chi connectivity index (χ0) is 17.9. The van der Waals surface area contributed by atoms with E-state index in [1.165, 1.54) is 41.1 Å². The van der Waals surface area contributed by atoms with Crippen LogP contribution >= 0.6 is 11.8 Å². The summed E-state index contributed by atoms with van der Waals surface area (Å²) in [6, 6.07) is 10.6. The Bertz CT molecular complexity index is 884. The minimum atomic E-state index is 0.557. The highest BCUT2D eigenvalue weighted by Gasteiger charge is 2.25. The summed E-state index contributed by atoms with van der Waals surface area (Å²) in [5.74, 6) is 3.72. The van der Waals surface area contributed by atoms with Crippen LogP contribution in [-0.2, 0) is 13.0 Å². The molecule has 1 aromatic carbocycles. The SMILES string of the molecule is Cc1cnc(N)c2nc(CC3CC3)n(CCCCSc3ccccc3)c12. The van der Waals surface area contributed by atoms with Crippen LogP contribution in [0.5, 0.6) is 0 Å². The molecule has 0 atom stereocenters. The first-order valence-electron chi connectivity index (χ1n) is 9.50. The van der Waals surface area contributed by atoms with Gasteiger partial charge in [0.15, 0.2) is 5.82 Å². The van der Waals surface area contributed by atoms with Crippen molar-refractivity contribution >= 4 is 28.6 Å². The number of imidazole rings is 1. The van der Waals surface area contributed by atoms with E-state index < -0.39 is 0 Å². The van der Waals surface area contributed by atoms with Crippen LogP contribution in [-0.4, -0.2) is 20.3 Å². The number of fused-ring (bicyclic) bond motifs is 1. The Morgan fingerprint density at radius 2 is 2.00 bits per heavy atom. The second-order valence-corrected chi connectivity index (χ2v) is 8.39. The van der Waals surface area contributed by atoms with Gasteiger partial charge < -0.3 is 10.3 Å². The van der Waals surface area contributed by atoms with Gasteiger partial charge in [0.1, 0.15) is 11.3 Å². The number of nitrogens with zero attached hydrogens (tertiary/aromatic N) is 3. The van der Waals surface area contributed by atoms with Gasteiger partial charge in [-0.3, -0.25) is 0 Å². The molecule has 0 radical (unpaired) electrons. The molecule has 0 spiro atoms. The van der Waals surface area contributed by atoms with E-state index in [-0.39, 0.29) is 0 Å². The molecule has 2 heterocycles. The fourth-order valence-electron chi connectivity index (χ4n) is 3.42. The summed E-state index contributed by atoms with van der Waals surface area (Å²) in [5, 5.41) is 0. The van der Waals surface area contributed by atoms with Crippen molar-refractivity contribution in [2.45, 2.75) is 50.5 Å². The van der Waals surface area contributed by atoms with Crippen LogP contribution in [0, 0.1) is 12.8 Å². The number of hydrogen-bond acceptors (Lipinski definition) is 4. The topological polar surface area (TPSA) is 56.7 Å². The fraction of sp³-hybridized carbons (Fsp3) is 0.429. The number of anilines is 1. The lowest BCUT2D eigenvalue weighted by Gasteiger charge is -2.10. The Balaban J connectivity index is 1.45. The Kier molecular flexibility index (Phi) is 5.16. The molecule has 0 aliphatic heterocycles. The smallest absolute Gasteiger partial charge is 0.151 e. The summed E-state index contributed by atoms with van der Waals surface area (Å²) in [6.45, 7) is 3.12. The molecule has 0 unspecified atom stereocenters. The maximum atomic E-state index is 6.10. The van der Waals surface area contributed by atoms with E-state index in [1.807, 2.05) is 18.0 Å². The van der Waals surface area contributed by atoms with Gasteiger partial charge in [0.25, 0.3) is 0 Å². The summed E-state index contributed by atoms with van der Waals surface area (Å²) in [4.78, 5) is 10.5. The van der Waals surface area contributed by atoms with Crippen molar-refractivity contribution in [3.8, 4) is 0 Å². The standard InChI is InChI=1S/C21H26N4S/c1-15-14-23-21(22)19-20(15)25(18(24-19)13-16-9-10-16)11-5-6-12-26-17-7-3-2-4-8-17/h2-4,7-8,14,16H,5-6,9-13H2,1H3,(H2,22,23). The van der Waals surface area contributed by atoms with Crippen molar-refractivity contribution in [2.24, 2.45) is 5.92 Å². The Morgan fingerprint density at radius 1 is 1.19 bits per heavy atom. The third kappa shape index (κ3) is 3.88. The molecule has 1 aliphatic carbocycles. The van der Waals surface area contributed by atoms with Crippen LogP contribution in [0.15, 0.2) is 41.4 Å². The largest absolute Gasteiger partial charge is 0.382 e. The predicted octanol–water partition coefficient (Wildman–Crippen LogP) is 4.85. The summed E-state index contributed by atoms with van der Waals surface area (Å²) in [7, 11) is 0. The quantitative estimate of drug-likeness (QED) is 0.457. The molecule has 136 valence electrons. The minimum absolute atomic E-state index is 0.557. The van der Waals surface area contributed by atoms with Gasteiger partial charge in [-0.1, -0.05) is 18.2 Å². The van der Waals surface area contributed by atoms with Crippen molar-refractivity contribution < 1.29 is 0 Å². The normalized spacial score (nSPS) is 14.2. The van der Waals surface area contributed by atoms with Crippen molar-refractivity contribution in [3.63, 3.8) is 0 Å². The number of nitrogens with two attached hydrogens (primary N) is 1. The number of rotatable bonds is 8. The number of benzene rings is 1. The van der Waals surface area contributed by atoms with Crippen LogP contribution in [0.3, 0.4) is 0 Å². The Morgan fingerprint density at radius 3 is 2.77 bits per heavy atom. The number of aryl methyl sites for hydroxylation is 2. The van der Waals surface area contributed by atoms with Crippen LogP contribution in [0.25, 0.3) is 11.0 Å². The van der Waals surface area contributed by atoms with Gasteiger partial charge in [-0.15, -0.1) is 11.8 Å². The van der Waals surface area contributed by atoms with Gasteiger partial charge in [-0.05, 0) is 62.0 Å². The lowest BCUT2D eigenvalue weighted by atomic mass is 10.2. The van der Waals surface area contributed by atoms with Gasteiger partial charge in [-0.25, -0.2) is 9.97 Å². The number of hydrogen-bond donors (Lipinski definition) is 1. The third-order valence-corrected chi connectivity index (χ3v) is 6.11. The molecule has 1 saturated carbocycles. The van der Waals surface area contributed by atoms with Crippen LogP contribution in [0.1, 0.15) is 37.1 Å². The van der Waals surface area contributed by atoms with Crippen molar-refractivity contribution in [1.82, 2.24) is 14.5 Å². The highest BCUT2D eigenvalue weighted by atomic mass is 32.2. The van der Waals surface area contributed by atoms with Gasteiger partial charge in [-0.2, -0.15) is 0 Å². The monoisotopic (exact) mass is 366 g/mol. The maximum absolute atomic E-state index is 6.10. The van der Waals surface area contributed by atoms with Crippen molar-refractivity contribution in [1.29, 1.82) is 0 Å². The zero-order valence-electron chi connectivity index (χ0n) is 15.3. The zero-order valence-corrected chi connectivity index (χ0v) is 16.1. The molecule has 1 aliphatic rings. The predicted molar refractivity (Wildman–Crippen MR) is 110 cm³/mol. The molecule has 4 rings (SSSR count). The highest BCUT2D eigenvalue weighted by molar-refractivity contribution is 7.99. The molecule has 3 aromatic rings. The summed E-state index contributed by atoms with van der Waals surface area (Å²) >= 11 is 1.94. The van der Waals surface area contributed by atoms with Crippen molar-refractivity contribution in [2.75, 3.05) is 11.5 Å². The number of aromatic nitrogens is 3. The Labute approximate surface area is 159 Å². The van der Waals surface area contributed by atoms with Crippen LogP contribution < -0.4 is 5.73 Å². The highest BCUT2D eigenvalue weighted by Crippen LogP contribution is 2.34. The molecule has 2 N–H and O–H groups in total. The molecule has 0 bridgehead atoms. The first kappa shape index (κ1) is 17.4. The molecular weight excluding hydrogens is 340 g/mol. The Hall–Kier alpha value is -2.01. The van der Waals surface area contributed by atoms with E-state index in [0.29, 0.717) is 5.82 Å². The average molecular weight is 367 g/mol. The fourth-order valence-corrected chi connectivity index (χ4v) is 4.36. The second kappa shape index (κ2) is 7.70. The van der Waals surface area contributed by atoms with Gasteiger partial charge in [0, 0.05) is 24.1 Å². The summed E-state index contributed by atoms with van der Waals surface area (Å²) in [5.41, 5.74) is 9.35. The molecule has 0 saturated heterocycles. The van der Waals surface area contributed by atoms with E-state index in [9.17, 15) is 0 Å². The van der Waals surface area contributed by atoms with Gasteiger partial charge >= 0.3 is 0 Å². The number of nitrogen functional groups attached to an aromatic ring is 1. The van der Waals surface area contributed by atoms with Gasteiger partial charge in [0.05, 0.1) is 5.52 Å². The summed E-state index contributed by atoms with van der Waals surface area (Å²) in [6.07, 6.45) is 7.98. The van der Waals surface area contributed by atoms with E-state index in [2.05, 4.69) is 46.8 Å². The molecule has 2 aromatic heterocycles. The molecule has 5 heteroatoms. The first-order chi connectivity index (χ1) is 12.7. The lowest BCUT2D eigenvalue weighted by Crippen LogP contribution is -2.06. The van der Waals surface area contributed by atoms with E-state index >= 15 is 0 Å². The third-order valence-electron chi connectivity index (χ3n) is 5.02. The van der Waals surface area contributed by atoms with Crippen LogP contribution in [0.4, 0.5) is 5.82 Å². The maximum Gasteiger partial charge on any atom is 0.151 e. The van der Waals surface area contributed by atoms with Gasteiger partial charge in [0.2, 0.25) is 0 Å².